The first-order valence-electron chi connectivity index (χ1n) is 8.66. The first kappa shape index (κ1) is 18.3. The number of hydrogen-bond acceptors (Lipinski definition) is 5. The summed E-state index contributed by atoms with van der Waals surface area (Å²) >= 11 is 0. The lowest BCUT2D eigenvalue weighted by atomic mass is 10.1. The van der Waals surface area contributed by atoms with Crippen LogP contribution in [0.1, 0.15) is 57.8 Å². The summed E-state index contributed by atoms with van der Waals surface area (Å²) in [7, 11) is 0. The summed E-state index contributed by atoms with van der Waals surface area (Å²) in [5.74, 6) is 0.451. The molecular weight excluding hydrogens is 306 g/mol. The molecule has 0 fully saturated rings. The largest absolute Gasteiger partial charge is 0.486 e. The highest BCUT2D eigenvalue weighted by Gasteiger charge is 2.32. The number of rotatable bonds is 6. The standard InChI is InChI=1S/C19H27NO4/c1-6-12(3)23-19(22)13(4)20-11-16(7-2)24-18-9-8-15(14(5)21)10-17(18)20/h8-10,12-13,16H,6-7,11H2,1-5H3. The van der Waals surface area contributed by atoms with Gasteiger partial charge >= 0.3 is 5.97 Å². The van der Waals surface area contributed by atoms with Gasteiger partial charge in [-0.2, -0.15) is 0 Å². The van der Waals surface area contributed by atoms with Crippen LogP contribution < -0.4 is 9.64 Å². The second kappa shape index (κ2) is 7.69. The van der Waals surface area contributed by atoms with E-state index in [9.17, 15) is 9.59 Å². The maximum atomic E-state index is 12.5. The lowest BCUT2D eigenvalue weighted by Gasteiger charge is -2.39. The molecule has 1 aromatic rings. The molecule has 0 radical (unpaired) electrons. The van der Waals surface area contributed by atoms with Crippen LogP contribution in [0.5, 0.6) is 5.75 Å². The molecule has 24 heavy (non-hydrogen) atoms. The zero-order valence-corrected chi connectivity index (χ0v) is 15.2. The van der Waals surface area contributed by atoms with Crippen molar-refractivity contribution in [2.24, 2.45) is 0 Å². The predicted octanol–water partition coefficient (Wildman–Crippen LogP) is 3.60. The van der Waals surface area contributed by atoms with Gasteiger partial charge in [0, 0.05) is 5.56 Å². The monoisotopic (exact) mass is 333 g/mol. The molecule has 0 saturated heterocycles. The summed E-state index contributed by atoms with van der Waals surface area (Å²) in [6.07, 6.45) is 1.53. The number of carbonyl (C=O) groups is 2. The van der Waals surface area contributed by atoms with Crippen LogP contribution in [0.25, 0.3) is 0 Å². The van der Waals surface area contributed by atoms with Crippen molar-refractivity contribution in [1.82, 2.24) is 0 Å². The van der Waals surface area contributed by atoms with Gasteiger partial charge in [-0.15, -0.1) is 0 Å². The van der Waals surface area contributed by atoms with Crippen LogP contribution in [0, 0.1) is 0 Å². The Morgan fingerprint density at radius 1 is 1.33 bits per heavy atom. The van der Waals surface area contributed by atoms with Crippen molar-refractivity contribution in [3.05, 3.63) is 23.8 Å². The highest BCUT2D eigenvalue weighted by molar-refractivity contribution is 5.96. The first-order valence-corrected chi connectivity index (χ1v) is 8.66. The summed E-state index contributed by atoms with van der Waals surface area (Å²) in [6.45, 7) is 9.90. The Morgan fingerprint density at radius 3 is 2.62 bits per heavy atom. The smallest absolute Gasteiger partial charge is 0.328 e. The number of ether oxygens (including phenoxy) is 2. The minimum absolute atomic E-state index is 0.00907. The molecule has 5 heteroatoms. The van der Waals surface area contributed by atoms with Crippen LogP contribution in [-0.2, 0) is 9.53 Å². The molecule has 1 aliphatic rings. The molecule has 0 spiro atoms. The first-order chi connectivity index (χ1) is 11.4. The molecule has 0 bridgehead atoms. The van der Waals surface area contributed by atoms with Crippen molar-refractivity contribution >= 4 is 17.4 Å². The number of Topliss-reactive ketones (excluding diaryl/α,β-unsaturated/α-hetero) is 1. The Labute approximate surface area is 143 Å². The molecule has 3 atom stereocenters. The molecule has 0 amide bonds. The summed E-state index contributed by atoms with van der Waals surface area (Å²) in [5.41, 5.74) is 1.39. The van der Waals surface area contributed by atoms with Gasteiger partial charge in [0.05, 0.1) is 18.3 Å². The summed E-state index contributed by atoms with van der Waals surface area (Å²) < 4.78 is 11.5. The maximum absolute atomic E-state index is 12.5. The highest BCUT2D eigenvalue weighted by atomic mass is 16.5. The predicted molar refractivity (Wildman–Crippen MR) is 93.8 cm³/mol. The van der Waals surface area contributed by atoms with Crippen molar-refractivity contribution < 1.29 is 19.1 Å². The minimum Gasteiger partial charge on any atom is -0.486 e. The molecule has 0 N–H and O–H groups in total. The minimum atomic E-state index is -0.432. The number of nitrogens with zero attached hydrogens (tertiary/aromatic N) is 1. The van der Waals surface area contributed by atoms with Crippen molar-refractivity contribution in [2.45, 2.75) is 65.7 Å². The van der Waals surface area contributed by atoms with E-state index in [1.165, 1.54) is 6.92 Å². The molecule has 3 unspecified atom stereocenters. The SMILES string of the molecule is CCC(C)OC(=O)C(C)N1CC(CC)Oc2ccc(C(C)=O)cc21. The van der Waals surface area contributed by atoms with Gasteiger partial charge < -0.3 is 14.4 Å². The zero-order chi connectivity index (χ0) is 17.9. The number of esters is 1. The van der Waals surface area contributed by atoms with Gasteiger partial charge in [0.25, 0.3) is 0 Å². The molecular formula is C19H27NO4. The van der Waals surface area contributed by atoms with Gasteiger partial charge in [-0.3, -0.25) is 4.79 Å². The molecule has 1 heterocycles. The van der Waals surface area contributed by atoms with Crippen molar-refractivity contribution in [3.63, 3.8) is 0 Å². The van der Waals surface area contributed by atoms with Gasteiger partial charge in [0.1, 0.15) is 17.9 Å². The van der Waals surface area contributed by atoms with Crippen LogP contribution in [0.3, 0.4) is 0 Å². The van der Waals surface area contributed by atoms with E-state index in [-0.39, 0.29) is 24.0 Å². The number of hydrogen-bond donors (Lipinski definition) is 0. The Balaban J connectivity index is 2.33. The van der Waals surface area contributed by atoms with E-state index in [4.69, 9.17) is 9.47 Å². The maximum Gasteiger partial charge on any atom is 0.328 e. The number of ketones is 1. The van der Waals surface area contributed by atoms with Gasteiger partial charge in [0.2, 0.25) is 0 Å². The second-order valence-corrected chi connectivity index (χ2v) is 6.37. The van der Waals surface area contributed by atoms with Crippen LogP contribution in [0.15, 0.2) is 18.2 Å². The molecule has 1 aromatic carbocycles. The van der Waals surface area contributed by atoms with Crippen LogP contribution in [0.2, 0.25) is 0 Å². The topological polar surface area (TPSA) is 55.8 Å². The average molecular weight is 333 g/mol. The number of benzene rings is 1. The fraction of sp³-hybridized carbons (Fsp3) is 0.579. The van der Waals surface area contributed by atoms with E-state index in [0.29, 0.717) is 17.9 Å². The molecule has 5 nitrogen and oxygen atoms in total. The lowest BCUT2D eigenvalue weighted by Crippen LogP contribution is -2.48. The molecule has 2 rings (SSSR count). The quantitative estimate of drug-likeness (QED) is 0.588. The third-order valence-corrected chi connectivity index (χ3v) is 4.53. The van der Waals surface area contributed by atoms with E-state index >= 15 is 0 Å². The van der Waals surface area contributed by atoms with Crippen LogP contribution in [0.4, 0.5) is 5.69 Å². The van der Waals surface area contributed by atoms with Crippen LogP contribution >= 0.6 is 0 Å². The Morgan fingerprint density at radius 2 is 2.04 bits per heavy atom. The Kier molecular flexibility index (Phi) is 5.86. The summed E-state index contributed by atoms with van der Waals surface area (Å²) in [5, 5.41) is 0. The van der Waals surface area contributed by atoms with E-state index in [2.05, 4.69) is 6.92 Å². The average Bonchev–Trinajstić information content (AvgIpc) is 2.59. The normalized spacial score (nSPS) is 19.0. The van der Waals surface area contributed by atoms with E-state index in [0.717, 1.165) is 18.5 Å². The molecule has 0 aromatic heterocycles. The van der Waals surface area contributed by atoms with Crippen LogP contribution in [-0.4, -0.2) is 36.5 Å². The Bertz CT molecular complexity index is 613. The van der Waals surface area contributed by atoms with Gasteiger partial charge in [0.15, 0.2) is 5.78 Å². The Hall–Kier alpha value is -2.04. The third kappa shape index (κ3) is 3.89. The fourth-order valence-corrected chi connectivity index (χ4v) is 2.68. The molecule has 0 saturated carbocycles. The van der Waals surface area contributed by atoms with Gasteiger partial charge in [-0.05, 0) is 51.8 Å². The van der Waals surface area contributed by atoms with E-state index in [1.54, 1.807) is 12.1 Å². The lowest BCUT2D eigenvalue weighted by molar-refractivity contribution is -0.149. The third-order valence-electron chi connectivity index (χ3n) is 4.53. The number of carbonyl (C=O) groups excluding carboxylic acids is 2. The molecule has 0 aliphatic carbocycles. The zero-order valence-electron chi connectivity index (χ0n) is 15.2. The van der Waals surface area contributed by atoms with E-state index < -0.39 is 6.04 Å². The van der Waals surface area contributed by atoms with Crippen molar-refractivity contribution in [2.75, 3.05) is 11.4 Å². The second-order valence-electron chi connectivity index (χ2n) is 6.37. The number of anilines is 1. The van der Waals surface area contributed by atoms with Crippen molar-refractivity contribution in [1.29, 1.82) is 0 Å². The summed E-state index contributed by atoms with van der Waals surface area (Å²) in [4.78, 5) is 26.1. The van der Waals surface area contributed by atoms with E-state index in [1.807, 2.05) is 31.7 Å². The van der Waals surface area contributed by atoms with Crippen molar-refractivity contribution in [3.8, 4) is 5.75 Å². The highest BCUT2D eigenvalue weighted by Crippen LogP contribution is 2.36. The van der Waals surface area contributed by atoms with Gasteiger partial charge in [-0.25, -0.2) is 4.79 Å². The van der Waals surface area contributed by atoms with Gasteiger partial charge in [-0.1, -0.05) is 13.8 Å². The molecule has 1 aliphatic heterocycles. The number of fused-ring (bicyclic) bond motifs is 1. The summed E-state index contributed by atoms with van der Waals surface area (Å²) in [6, 6.07) is 4.95. The fourth-order valence-electron chi connectivity index (χ4n) is 2.68. The molecule has 132 valence electrons.